The number of pyridine rings is 2. The summed E-state index contributed by atoms with van der Waals surface area (Å²) in [5.74, 6) is -0.644. The predicted octanol–water partition coefficient (Wildman–Crippen LogP) is 4.12. The third-order valence-electron chi connectivity index (χ3n) is 7.62. The van der Waals surface area contributed by atoms with Crippen LogP contribution in [0.15, 0.2) is 29.1 Å². The summed E-state index contributed by atoms with van der Waals surface area (Å²) < 4.78 is 23.6. The molecule has 0 aliphatic carbocycles. The van der Waals surface area contributed by atoms with Gasteiger partial charge in [0.2, 0.25) is 5.60 Å². The average molecular weight is 578 g/mol. The number of cyclic esters (lactones) is 1. The summed E-state index contributed by atoms with van der Waals surface area (Å²) in [7, 11) is 0. The number of esters is 2. The Hall–Kier alpha value is -4.41. The lowest BCUT2D eigenvalue weighted by Crippen LogP contribution is -2.47. The first-order valence-corrected chi connectivity index (χ1v) is 14.3. The number of hydrogen-bond acceptors (Lipinski definition) is 9. The number of nitrogens with one attached hydrogen (secondary N) is 1. The van der Waals surface area contributed by atoms with Crippen LogP contribution in [0.25, 0.3) is 22.3 Å². The van der Waals surface area contributed by atoms with E-state index in [1.54, 1.807) is 31.4 Å². The second-order valence-corrected chi connectivity index (χ2v) is 10.7. The van der Waals surface area contributed by atoms with Crippen LogP contribution >= 0.6 is 0 Å². The fraction of sp³-hybridized carbons (Fsp3) is 0.452. The Bertz CT molecular complexity index is 1640. The minimum absolute atomic E-state index is 0.125. The third kappa shape index (κ3) is 5.08. The number of nitrogens with zero attached hydrogens (tertiary/aromatic N) is 2. The van der Waals surface area contributed by atoms with E-state index in [1.165, 1.54) is 6.92 Å². The highest BCUT2D eigenvalue weighted by atomic mass is 16.6. The summed E-state index contributed by atoms with van der Waals surface area (Å²) in [6, 6.07) is 7.44. The lowest BCUT2D eigenvalue weighted by Gasteiger charge is -2.35. The zero-order valence-electron chi connectivity index (χ0n) is 24.5. The maximum absolute atomic E-state index is 13.7. The maximum atomic E-state index is 13.7. The van der Waals surface area contributed by atoms with E-state index in [-0.39, 0.29) is 24.7 Å². The molecular formula is C31H35N3O8. The van der Waals surface area contributed by atoms with E-state index in [1.807, 2.05) is 18.2 Å². The SMILES string of the molecule is CCc1c2c(nc3ccc(OCCCNC(=O)OC(C)C)cc13)-c1cc3c(c(=O)n1C2)COC(=O)[C@@]3(CC)OC(C)=O. The van der Waals surface area contributed by atoms with Crippen LogP contribution in [0.1, 0.15) is 69.7 Å². The molecule has 0 fully saturated rings. The monoisotopic (exact) mass is 577 g/mol. The smallest absolute Gasteiger partial charge is 0.407 e. The molecule has 3 aromatic rings. The van der Waals surface area contributed by atoms with Crippen LogP contribution in [0.2, 0.25) is 0 Å². The van der Waals surface area contributed by atoms with E-state index in [0.29, 0.717) is 60.8 Å². The van der Waals surface area contributed by atoms with Gasteiger partial charge in [-0.2, -0.15) is 0 Å². The van der Waals surface area contributed by atoms with E-state index < -0.39 is 23.6 Å². The lowest BCUT2D eigenvalue weighted by atomic mass is 9.85. The Balaban J connectivity index is 1.47. The van der Waals surface area contributed by atoms with Gasteiger partial charge >= 0.3 is 18.0 Å². The minimum atomic E-state index is -1.68. The van der Waals surface area contributed by atoms with Gasteiger partial charge in [-0.1, -0.05) is 13.8 Å². The Labute approximate surface area is 243 Å². The van der Waals surface area contributed by atoms with Crippen LogP contribution in [0.4, 0.5) is 4.79 Å². The number of carbonyl (C=O) groups excluding carboxylic acids is 3. The first-order chi connectivity index (χ1) is 20.1. The fourth-order valence-corrected chi connectivity index (χ4v) is 5.75. The van der Waals surface area contributed by atoms with E-state index in [0.717, 1.165) is 22.0 Å². The standard InChI is InChI=1S/C31H35N3O8/c1-6-20-21-13-19(39-12-8-11-32-30(38)41-17(3)4)9-10-25(21)33-27-22(20)15-34-26(27)14-24-23(28(34)36)16-40-29(37)31(24,7-2)42-18(5)35/h9-10,13-14,17H,6-8,11-12,15-16H2,1-5H3,(H,32,38)/t31-/m0/s1. The number of ether oxygens (including phenoxy) is 4. The van der Waals surface area contributed by atoms with Gasteiger partial charge in [0.1, 0.15) is 12.4 Å². The summed E-state index contributed by atoms with van der Waals surface area (Å²) in [5, 5.41) is 3.63. The summed E-state index contributed by atoms with van der Waals surface area (Å²) >= 11 is 0. The fourth-order valence-electron chi connectivity index (χ4n) is 5.75. The molecule has 11 nitrogen and oxygen atoms in total. The van der Waals surface area contributed by atoms with Crippen LogP contribution in [0, 0.1) is 0 Å². The quantitative estimate of drug-likeness (QED) is 0.177. The highest BCUT2D eigenvalue weighted by Gasteiger charge is 2.50. The van der Waals surface area contributed by atoms with Gasteiger partial charge in [0.25, 0.3) is 5.56 Å². The molecule has 4 heterocycles. The van der Waals surface area contributed by atoms with E-state index in [2.05, 4.69) is 12.2 Å². The van der Waals surface area contributed by atoms with Crippen LogP contribution < -0.4 is 15.6 Å². The zero-order valence-corrected chi connectivity index (χ0v) is 24.5. The molecule has 42 heavy (non-hydrogen) atoms. The van der Waals surface area contributed by atoms with Crippen LogP contribution in [-0.4, -0.2) is 46.8 Å². The number of hydrogen-bond donors (Lipinski definition) is 1. The van der Waals surface area contributed by atoms with Crippen molar-refractivity contribution in [1.82, 2.24) is 14.9 Å². The molecule has 2 aliphatic heterocycles. The summed E-state index contributed by atoms with van der Waals surface area (Å²) in [6.45, 7) is 9.56. The van der Waals surface area contributed by atoms with Crippen molar-refractivity contribution in [3.8, 4) is 17.1 Å². The summed E-state index contributed by atoms with van der Waals surface area (Å²) in [6.07, 6.45) is 0.803. The molecule has 222 valence electrons. The molecule has 11 heteroatoms. The molecule has 0 radical (unpaired) electrons. The molecule has 0 spiro atoms. The van der Waals surface area contributed by atoms with Gasteiger partial charge in [0.05, 0.1) is 41.7 Å². The lowest BCUT2D eigenvalue weighted by molar-refractivity contribution is -0.188. The molecule has 1 amide bonds. The predicted molar refractivity (Wildman–Crippen MR) is 153 cm³/mol. The van der Waals surface area contributed by atoms with E-state index in [9.17, 15) is 19.2 Å². The number of amides is 1. The van der Waals surface area contributed by atoms with Crippen molar-refractivity contribution in [2.45, 2.75) is 78.7 Å². The number of carbonyl (C=O) groups is 3. The van der Waals surface area contributed by atoms with Gasteiger partial charge < -0.3 is 28.8 Å². The molecule has 2 aromatic heterocycles. The average Bonchev–Trinajstić information content (AvgIpc) is 3.31. The Morgan fingerprint density at radius 1 is 1.17 bits per heavy atom. The number of benzene rings is 1. The van der Waals surface area contributed by atoms with Gasteiger partial charge in [-0.15, -0.1) is 0 Å². The van der Waals surface area contributed by atoms with E-state index in [4.69, 9.17) is 23.9 Å². The Kier molecular flexibility index (Phi) is 7.94. The van der Waals surface area contributed by atoms with Crippen molar-refractivity contribution in [2.75, 3.05) is 13.2 Å². The molecule has 0 saturated carbocycles. The number of fused-ring (bicyclic) bond motifs is 5. The molecule has 1 aromatic carbocycles. The van der Waals surface area contributed by atoms with Gasteiger partial charge in [0.15, 0.2) is 0 Å². The largest absolute Gasteiger partial charge is 0.494 e. The molecular weight excluding hydrogens is 542 g/mol. The molecule has 5 rings (SSSR count). The molecule has 1 atom stereocenters. The van der Waals surface area contributed by atoms with Crippen molar-refractivity contribution in [3.63, 3.8) is 0 Å². The topological polar surface area (TPSA) is 135 Å². The first-order valence-electron chi connectivity index (χ1n) is 14.3. The third-order valence-corrected chi connectivity index (χ3v) is 7.62. The summed E-state index contributed by atoms with van der Waals surface area (Å²) in [5.41, 5.74) is 2.65. The van der Waals surface area contributed by atoms with Crippen LogP contribution in [0.3, 0.4) is 0 Å². The van der Waals surface area contributed by atoms with E-state index >= 15 is 0 Å². The van der Waals surface area contributed by atoms with Gasteiger partial charge in [0, 0.05) is 30.0 Å². The van der Waals surface area contributed by atoms with Crippen molar-refractivity contribution in [3.05, 3.63) is 56.9 Å². The number of rotatable bonds is 9. The highest BCUT2D eigenvalue weighted by molar-refractivity contribution is 5.90. The van der Waals surface area contributed by atoms with Crippen LogP contribution in [0.5, 0.6) is 5.75 Å². The minimum Gasteiger partial charge on any atom is -0.494 e. The molecule has 0 unspecified atom stereocenters. The molecule has 0 bridgehead atoms. The Morgan fingerprint density at radius 3 is 2.64 bits per heavy atom. The summed E-state index contributed by atoms with van der Waals surface area (Å²) in [4.78, 5) is 55.2. The van der Waals surface area contributed by atoms with Crippen LogP contribution in [-0.2, 0) is 49.0 Å². The van der Waals surface area contributed by atoms with Gasteiger partial charge in [-0.3, -0.25) is 9.59 Å². The Morgan fingerprint density at radius 2 is 1.95 bits per heavy atom. The first kappa shape index (κ1) is 29.1. The highest BCUT2D eigenvalue weighted by Crippen LogP contribution is 2.42. The van der Waals surface area contributed by atoms with Gasteiger partial charge in [-0.25, -0.2) is 14.6 Å². The van der Waals surface area contributed by atoms with Crippen molar-refractivity contribution < 1.29 is 33.3 Å². The van der Waals surface area contributed by atoms with Crippen molar-refractivity contribution in [2.24, 2.45) is 0 Å². The molecule has 2 aliphatic rings. The molecule has 0 saturated heterocycles. The van der Waals surface area contributed by atoms with Gasteiger partial charge in [-0.05, 0) is 62.9 Å². The molecule has 1 N–H and O–H groups in total. The maximum Gasteiger partial charge on any atom is 0.407 e. The second kappa shape index (κ2) is 11.5. The van der Waals surface area contributed by atoms with Crippen molar-refractivity contribution >= 4 is 28.9 Å². The number of aryl methyl sites for hydroxylation is 1. The normalized spacial score (nSPS) is 16.9. The zero-order chi connectivity index (χ0) is 30.2. The van der Waals surface area contributed by atoms with Crippen molar-refractivity contribution in [1.29, 1.82) is 0 Å². The second-order valence-electron chi connectivity index (χ2n) is 10.7. The number of alkyl carbamates (subject to hydrolysis) is 1. The number of aromatic nitrogens is 2.